The average Bonchev–Trinajstić information content (AvgIpc) is 4.32. The number of hydrogen-bond donors (Lipinski definition) is 0. The van der Waals surface area contributed by atoms with Gasteiger partial charge in [-0.15, -0.1) is 34.0 Å². The minimum Gasteiger partial charge on any atom is -0.466 e. The second-order valence-corrected chi connectivity index (χ2v) is 30.1. The molecule has 0 saturated heterocycles. The van der Waals surface area contributed by atoms with Crippen LogP contribution in [-0.4, -0.2) is 90.9 Å². The molecule has 15 heteroatoms. The summed E-state index contributed by atoms with van der Waals surface area (Å²) in [6.45, 7) is 14.1. The van der Waals surface area contributed by atoms with Crippen molar-refractivity contribution in [2.24, 2.45) is 0 Å². The molecule has 3 aromatic heterocycles. The molecule has 0 N–H and O–H groups in total. The molecular weight excluding hydrogens is 1040 g/mol. The molecule has 0 radical (unpaired) electrons. The van der Waals surface area contributed by atoms with E-state index in [1.54, 1.807) is 28.7 Å². The number of carbonyl (C=O) groups excluding carboxylic acids is 7. The van der Waals surface area contributed by atoms with E-state index in [9.17, 15) is 33.6 Å². The summed E-state index contributed by atoms with van der Waals surface area (Å²) in [4.78, 5) is 106. The van der Waals surface area contributed by atoms with E-state index in [-0.39, 0.29) is 41.4 Å². The maximum absolute atomic E-state index is 14.2. The Hall–Kier alpha value is -6.39. The fourth-order valence-electron chi connectivity index (χ4n) is 13.0. The van der Waals surface area contributed by atoms with Crippen LogP contribution in [0.3, 0.4) is 0 Å². The van der Waals surface area contributed by atoms with Gasteiger partial charge >= 0.3 is 5.97 Å². The number of rotatable bonds is 19. The van der Waals surface area contributed by atoms with Gasteiger partial charge in [0.25, 0.3) is 35.4 Å². The van der Waals surface area contributed by atoms with Gasteiger partial charge in [0.05, 0.1) is 22.6 Å². The van der Waals surface area contributed by atoms with Crippen molar-refractivity contribution in [2.45, 2.75) is 124 Å². The standard InChI is InChI=1S/C62H61N3O8S3Si/c1-32-28-40-49-38(57(67)63(5)58(40)68)23-21-36-47-33(2)29-41-50-39(24-22-37(52(47)50)46(32)51(36)49)59(69)64(60(41)70)25-17-14-10-11-15-19-27-73-45(66)20-16-12-8-9-13-18-26-65-61(71)48-35(4)75-54(53(48)62(65)72)42-31-44-56(76-42)55-43(77(44,6)7)30-34(3)74-55/h21-24,28-31H,8-20,25-27H2,1-7H3. The maximum atomic E-state index is 14.2. The van der Waals surface area contributed by atoms with Crippen molar-refractivity contribution < 1.29 is 38.3 Å². The highest BCUT2D eigenvalue weighted by Gasteiger charge is 2.45. The number of nitrogens with zero attached hydrogens (tertiary/aromatic N) is 3. The van der Waals surface area contributed by atoms with Crippen LogP contribution in [0.2, 0.25) is 13.1 Å². The second kappa shape index (κ2) is 19.5. The quantitative estimate of drug-likeness (QED) is 0.0195. The Bertz CT molecular complexity index is 3920. The van der Waals surface area contributed by atoms with Crippen LogP contribution in [0.1, 0.15) is 166 Å². The maximum Gasteiger partial charge on any atom is 0.305 e. The molecule has 8 aromatic rings. The number of benzene rings is 5. The summed E-state index contributed by atoms with van der Waals surface area (Å²) in [7, 11) is -0.288. The molecule has 0 spiro atoms. The Labute approximate surface area is 460 Å². The molecule has 7 heterocycles. The highest BCUT2D eigenvalue weighted by atomic mass is 32.1. The number of hydrogen-bond acceptors (Lipinski definition) is 11. The van der Waals surface area contributed by atoms with Crippen molar-refractivity contribution in [3.8, 4) is 19.5 Å². The predicted octanol–water partition coefficient (Wildman–Crippen LogP) is 13.4. The Morgan fingerprint density at radius 3 is 1.62 bits per heavy atom. The molecule has 4 aliphatic rings. The molecule has 4 aliphatic heterocycles. The Morgan fingerprint density at radius 2 is 0.987 bits per heavy atom. The number of amides is 6. The summed E-state index contributed by atoms with van der Waals surface area (Å²) in [5.74, 6) is -1.72. The van der Waals surface area contributed by atoms with E-state index in [1.807, 2.05) is 62.4 Å². The molecular formula is C62H61N3O8S3Si. The summed E-state index contributed by atoms with van der Waals surface area (Å²) in [6, 6.07) is 16.0. The number of carbonyl (C=O) groups is 7. The summed E-state index contributed by atoms with van der Waals surface area (Å²) < 4.78 is 5.54. The van der Waals surface area contributed by atoms with Crippen molar-refractivity contribution in [3.63, 3.8) is 0 Å². The van der Waals surface area contributed by atoms with Gasteiger partial charge in [-0.2, -0.15) is 0 Å². The Balaban J connectivity index is 0.554. The predicted molar refractivity (Wildman–Crippen MR) is 312 cm³/mol. The van der Waals surface area contributed by atoms with Crippen LogP contribution < -0.4 is 10.4 Å². The summed E-state index contributed by atoms with van der Waals surface area (Å²) in [6.07, 6.45) is 10.9. The number of aryl methyl sites for hydroxylation is 4. The van der Waals surface area contributed by atoms with Gasteiger partial charge < -0.3 is 4.74 Å². The molecule has 0 saturated carbocycles. The first kappa shape index (κ1) is 51.4. The lowest BCUT2D eigenvalue weighted by Crippen LogP contribution is -2.48. The summed E-state index contributed by atoms with van der Waals surface area (Å²) in [5, 5.41) is 9.64. The van der Waals surface area contributed by atoms with Crippen molar-refractivity contribution >= 4 is 137 Å². The van der Waals surface area contributed by atoms with Gasteiger partial charge in [-0.1, -0.05) is 76.6 Å². The molecule has 11 nitrogen and oxygen atoms in total. The fraction of sp³-hybridized carbons (Fsp3) is 0.371. The zero-order chi connectivity index (χ0) is 53.9. The third-order valence-electron chi connectivity index (χ3n) is 16.9. The lowest BCUT2D eigenvalue weighted by Gasteiger charge is -2.30. The molecule has 0 unspecified atom stereocenters. The highest BCUT2D eigenvalue weighted by molar-refractivity contribution is 7.31. The lowest BCUT2D eigenvalue weighted by molar-refractivity contribution is -0.143. The largest absolute Gasteiger partial charge is 0.466 e. The molecule has 0 atom stereocenters. The fourth-order valence-corrected chi connectivity index (χ4v) is 21.4. The van der Waals surface area contributed by atoms with Gasteiger partial charge in [0.15, 0.2) is 0 Å². The van der Waals surface area contributed by atoms with Crippen molar-refractivity contribution in [2.75, 3.05) is 26.7 Å². The van der Waals surface area contributed by atoms with Gasteiger partial charge in [0.2, 0.25) is 0 Å². The van der Waals surface area contributed by atoms with Crippen molar-refractivity contribution in [1.29, 1.82) is 0 Å². The zero-order valence-electron chi connectivity index (χ0n) is 44.8. The van der Waals surface area contributed by atoms with E-state index >= 15 is 0 Å². The van der Waals surface area contributed by atoms with E-state index in [2.05, 4.69) is 32.2 Å². The third kappa shape index (κ3) is 8.07. The van der Waals surface area contributed by atoms with Crippen molar-refractivity contribution in [3.05, 3.63) is 103 Å². The number of fused-ring (bicyclic) bond motifs is 6. The third-order valence-corrected chi connectivity index (χ3v) is 24.4. The minimum absolute atomic E-state index is 0.158. The molecule has 0 fully saturated rings. The lowest BCUT2D eigenvalue weighted by atomic mass is 9.79. The normalized spacial score (nSPS) is 15.5. The molecule has 5 aromatic carbocycles. The van der Waals surface area contributed by atoms with Gasteiger partial charge in [0.1, 0.15) is 8.07 Å². The molecule has 394 valence electrons. The van der Waals surface area contributed by atoms with Gasteiger partial charge in [0, 0.05) is 84.0 Å². The first-order chi connectivity index (χ1) is 37.0. The van der Waals surface area contributed by atoms with E-state index in [0.717, 1.165) is 129 Å². The average molecular weight is 1100 g/mol. The summed E-state index contributed by atoms with van der Waals surface area (Å²) >= 11 is 5.23. The van der Waals surface area contributed by atoms with Crippen molar-refractivity contribution in [1.82, 2.24) is 14.7 Å². The number of esters is 1. The molecule has 0 aliphatic carbocycles. The van der Waals surface area contributed by atoms with E-state index in [4.69, 9.17) is 4.74 Å². The highest BCUT2D eigenvalue weighted by Crippen LogP contribution is 2.50. The van der Waals surface area contributed by atoms with E-state index < -0.39 is 8.07 Å². The smallest absolute Gasteiger partial charge is 0.305 e. The Morgan fingerprint density at radius 1 is 0.494 bits per heavy atom. The first-order valence-electron chi connectivity index (χ1n) is 27.3. The van der Waals surface area contributed by atoms with Crippen LogP contribution in [0, 0.1) is 27.7 Å². The van der Waals surface area contributed by atoms with Crippen LogP contribution in [0.5, 0.6) is 0 Å². The van der Waals surface area contributed by atoms with Crippen LogP contribution in [0.15, 0.2) is 48.5 Å². The number of unbranched alkanes of at least 4 members (excludes halogenated alkanes) is 10. The van der Waals surface area contributed by atoms with Crippen LogP contribution in [-0.2, 0) is 9.53 Å². The monoisotopic (exact) mass is 1100 g/mol. The van der Waals surface area contributed by atoms with Crippen LogP contribution in [0.4, 0.5) is 0 Å². The molecule has 77 heavy (non-hydrogen) atoms. The number of imide groups is 3. The minimum atomic E-state index is -1.80. The molecule has 6 amide bonds. The SMILES string of the molecule is Cc1cc2c(s1)-c1sc(-c3sc(C)c4c3C(=O)N(CCCCCCCCC(=O)OCCCCCCCCN3C(=O)c5ccc6c7c(C)cc8c9c(ccc(c%10c(C)cc(c5c6%10)C3=O)c97)C(=O)N(C)C8=O)C4=O)cc1[Si]2(C)C. The topological polar surface area (TPSA) is 138 Å². The molecule has 0 bridgehead atoms. The summed E-state index contributed by atoms with van der Waals surface area (Å²) in [5.41, 5.74) is 4.99. The van der Waals surface area contributed by atoms with Crippen LogP contribution >= 0.6 is 34.0 Å². The van der Waals surface area contributed by atoms with E-state index in [1.165, 1.54) is 46.8 Å². The van der Waals surface area contributed by atoms with Gasteiger partial charge in [-0.3, -0.25) is 48.3 Å². The number of thiophene rings is 3. The van der Waals surface area contributed by atoms with E-state index in [0.29, 0.717) is 76.7 Å². The number of ether oxygens (including phenoxy) is 1. The first-order valence-corrected chi connectivity index (χ1v) is 32.8. The zero-order valence-corrected chi connectivity index (χ0v) is 48.2. The molecule has 12 rings (SSSR count). The van der Waals surface area contributed by atoms with Crippen LogP contribution in [0.25, 0.3) is 62.6 Å². The Kier molecular flexibility index (Phi) is 13.0. The van der Waals surface area contributed by atoms with Gasteiger partial charge in [-0.05, 0) is 144 Å². The van der Waals surface area contributed by atoms with Gasteiger partial charge in [-0.25, -0.2) is 0 Å². The second-order valence-electron chi connectivity index (χ2n) is 22.3.